The third-order valence-electron chi connectivity index (χ3n) is 5.34. The highest BCUT2D eigenvalue weighted by atomic mass is 32.3. The number of hydrogen-bond acceptors (Lipinski definition) is 7. The Morgan fingerprint density at radius 2 is 1.96 bits per heavy atom. The Morgan fingerprint density at radius 3 is 2.64 bits per heavy atom. The van der Waals surface area contributed by atoms with Crippen molar-refractivity contribution in [3.8, 4) is 0 Å². The number of imidazole rings is 1. The zero-order chi connectivity index (χ0) is 20.3. The monoisotopic (exact) mass is 411 g/mol. The fourth-order valence-electron chi connectivity index (χ4n) is 3.77. The molecule has 0 spiro atoms. The van der Waals surface area contributed by atoms with Gasteiger partial charge in [0, 0.05) is 38.4 Å². The van der Waals surface area contributed by atoms with E-state index in [1.165, 1.54) is 0 Å². The summed E-state index contributed by atoms with van der Waals surface area (Å²) in [6, 6.07) is 0. The molecule has 0 amide bonds. The fourth-order valence-corrected chi connectivity index (χ4v) is 5.39. The first-order valence-electron chi connectivity index (χ1n) is 10.1. The lowest BCUT2D eigenvalue weighted by molar-refractivity contribution is 0.120. The average molecular weight is 412 g/mol. The number of aromatic nitrogens is 3. The van der Waals surface area contributed by atoms with Crippen LogP contribution in [0, 0.1) is 13.8 Å². The van der Waals surface area contributed by atoms with Crippen LogP contribution in [0.4, 0.5) is 5.82 Å². The molecule has 0 unspecified atom stereocenters. The Labute approximate surface area is 168 Å². The Kier molecular flexibility index (Phi) is 6.82. The van der Waals surface area contributed by atoms with Gasteiger partial charge in [-0.05, 0) is 38.7 Å². The molecule has 0 atom stereocenters. The quantitative estimate of drug-likeness (QED) is 0.543. The summed E-state index contributed by atoms with van der Waals surface area (Å²) in [5.74, 6) is 2.01. The lowest BCUT2D eigenvalue weighted by Crippen LogP contribution is -2.24. The third-order valence-corrected chi connectivity index (χ3v) is 7.37. The van der Waals surface area contributed by atoms with Crippen LogP contribution in [0.25, 0.3) is 11.0 Å². The van der Waals surface area contributed by atoms with E-state index in [-0.39, 0.29) is 0 Å². The minimum Gasteiger partial charge on any atom is -0.382 e. The minimum absolute atomic E-state index is 0.486. The van der Waals surface area contributed by atoms with E-state index < -0.39 is 10.8 Å². The first-order valence-corrected chi connectivity index (χ1v) is 11.7. The maximum atomic E-state index is 9.93. The SMILES string of the molecule is CCCc1nc2c(N)nc(C)c(C)c2n1CCOCCCN1CCCS1(O)O. The first kappa shape index (κ1) is 21.3. The van der Waals surface area contributed by atoms with Crippen molar-refractivity contribution < 1.29 is 13.8 Å². The number of nitrogens with two attached hydrogens (primary N) is 1. The minimum atomic E-state index is -2.52. The summed E-state index contributed by atoms with van der Waals surface area (Å²) in [5.41, 5.74) is 10.00. The van der Waals surface area contributed by atoms with Crippen LogP contribution in [0.3, 0.4) is 0 Å². The van der Waals surface area contributed by atoms with Crippen molar-refractivity contribution in [2.75, 3.05) is 37.8 Å². The lowest BCUT2D eigenvalue weighted by atomic mass is 10.2. The van der Waals surface area contributed by atoms with Gasteiger partial charge >= 0.3 is 0 Å². The predicted octanol–water partition coefficient (Wildman–Crippen LogP) is 3.36. The van der Waals surface area contributed by atoms with Gasteiger partial charge in [0.05, 0.1) is 17.9 Å². The predicted molar refractivity (Wildman–Crippen MR) is 115 cm³/mol. The topological polar surface area (TPSA) is 110 Å². The molecule has 158 valence electrons. The molecule has 28 heavy (non-hydrogen) atoms. The number of ether oxygens (including phenoxy) is 1. The van der Waals surface area contributed by atoms with E-state index in [0.29, 0.717) is 37.9 Å². The van der Waals surface area contributed by atoms with E-state index in [4.69, 9.17) is 15.5 Å². The lowest BCUT2D eigenvalue weighted by Gasteiger charge is -2.36. The molecular weight excluding hydrogens is 378 g/mol. The molecule has 3 heterocycles. The van der Waals surface area contributed by atoms with Gasteiger partial charge < -0.3 is 15.0 Å². The van der Waals surface area contributed by atoms with Crippen LogP contribution in [-0.4, -0.2) is 60.0 Å². The number of rotatable bonds is 9. The second kappa shape index (κ2) is 8.96. The molecule has 1 fully saturated rings. The number of pyridine rings is 1. The zero-order valence-corrected chi connectivity index (χ0v) is 18.0. The van der Waals surface area contributed by atoms with Gasteiger partial charge in [-0.3, -0.25) is 9.11 Å². The number of fused-ring (bicyclic) bond motifs is 1. The molecule has 0 radical (unpaired) electrons. The summed E-state index contributed by atoms with van der Waals surface area (Å²) in [6.45, 7) is 9.50. The van der Waals surface area contributed by atoms with Crippen molar-refractivity contribution in [2.24, 2.45) is 0 Å². The fraction of sp³-hybridized carbons (Fsp3) is 0.684. The molecule has 8 nitrogen and oxygen atoms in total. The van der Waals surface area contributed by atoms with E-state index in [0.717, 1.165) is 60.3 Å². The molecule has 2 aromatic heterocycles. The average Bonchev–Trinajstić information content (AvgIpc) is 3.16. The molecule has 1 saturated heterocycles. The van der Waals surface area contributed by atoms with Crippen LogP contribution in [0.5, 0.6) is 0 Å². The van der Waals surface area contributed by atoms with Crippen LogP contribution in [-0.2, 0) is 17.7 Å². The molecule has 0 aromatic carbocycles. The standard InChI is InChI=1S/C19H33N5O3S/c1-4-7-16-22-17-18(14(2)15(3)21-19(17)20)24(16)10-12-27-11-5-8-23-9-6-13-28(23,25)26/h25-26H,4-13H2,1-3H3,(H2,20,21). The second-order valence-electron chi connectivity index (χ2n) is 7.42. The van der Waals surface area contributed by atoms with E-state index >= 15 is 0 Å². The number of aryl methyl sites for hydroxylation is 3. The van der Waals surface area contributed by atoms with Crippen molar-refractivity contribution in [3.63, 3.8) is 0 Å². The van der Waals surface area contributed by atoms with E-state index in [1.54, 1.807) is 4.31 Å². The van der Waals surface area contributed by atoms with E-state index in [2.05, 4.69) is 23.4 Å². The van der Waals surface area contributed by atoms with Crippen LogP contribution in [0.2, 0.25) is 0 Å². The molecule has 1 aliphatic heterocycles. The highest BCUT2D eigenvalue weighted by Crippen LogP contribution is 2.48. The van der Waals surface area contributed by atoms with Crippen LogP contribution in [0.15, 0.2) is 0 Å². The number of nitrogens with zero attached hydrogens (tertiary/aromatic N) is 4. The van der Waals surface area contributed by atoms with Gasteiger partial charge in [-0.15, -0.1) is 10.8 Å². The molecule has 9 heteroatoms. The van der Waals surface area contributed by atoms with Crippen molar-refractivity contribution >= 4 is 27.6 Å². The molecular formula is C19H33N5O3S. The highest BCUT2D eigenvalue weighted by Gasteiger charge is 2.27. The van der Waals surface area contributed by atoms with Crippen LogP contribution in [0.1, 0.15) is 43.3 Å². The summed E-state index contributed by atoms with van der Waals surface area (Å²) >= 11 is 0. The molecule has 0 aliphatic carbocycles. The van der Waals surface area contributed by atoms with Gasteiger partial charge in [0.25, 0.3) is 0 Å². The number of hydrogen-bond donors (Lipinski definition) is 3. The van der Waals surface area contributed by atoms with Crippen LogP contribution >= 0.6 is 10.8 Å². The van der Waals surface area contributed by atoms with E-state index in [9.17, 15) is 9.11 Å². The summed E-state index contributed by atoms with van der Waals surface area (Å²) in [6.07, 6.45) is 3.54. The zero-order valence-electron chi connectivity index (χ0n) is 17.1. The summed E-state index contributed by atoms with van der Waals surface area (Å²) in [4.78, 5) is 9.16. The van der Waals surface area contributed by atoms with Gasteiger partial charge in [0.1, 0.15) is 11.3 Å². The van der Waals surface area contributed by atoms with Gasteiger partial charge in [-0.25, -0.2) is 14.3 Å². The van der Waals surface area contributed by atoms with Gasteiger partial charge in [-0.2, -0.15) is 0 Å². The van der Waals surface area contributed by atoms with Gasteiger partial charge in [-0.1, -0.05) is 6.92 Å². The largest absolute Gasteiger partial charge is 0.382 e. The van der Waals surface area contributed by atoms with Crippen LogP contribution < -0.4 is 5.73 Å². The third kappa shape index (κ3) is 4.44. The maximum absolute atomic E-state index is 9.93. The van der Waals surface area contributed by atoms with Gasteiger partial charge in [0.2, 0.25) is 0 Å². The maximum Gasteiger partial charge on any atom is 0.151 e. The Bertz CT molecular complexity index is 824. The van der Waals surface area contributed by atoms with Crippen molar-refractivity contribution in [3.05, 3.63) is 17.1 Å². The Morgan fingerprint density at radius 1 is 1.18 bits per heavy atom. The van der Waals surface area contributed by atoms with Crippen molar-refractivity contribution in [2.45, 2.75) is 53.0 Å². The summed E-state index contributed by atoms with van der Waals surface area (Å²) < 4.78 is 29.7. The molecule has 2 aromatic rings. The smallest absolute Gasteiger partial charge is 0.151 e. The molecule has 0 saturated carbocycles. The number of nitrogen functional groups attached to an aromatic ring is 1. The first-order chi connectivity index (χ1) is 13.3. The molecule has 1 aliphatic rings. The normalized spacial score (nSPS) is 18.2. The van der Waals surface area contributed by atoms with Crippen molar-refractivity contribution in [1.82, 2.24) is 18.8 Å². The Hall–Kier alpha value is -1.39. The molecule has 3 rings (SSSR count). The van der Waals surface area contributed by atoms with Crippen molar-refractivity contribution in [1.29, 1.82) is 0 Å². The van der Waals surface area contributed by atoms with Gasteiger partial charge in [0.15, 0.2) is 5.82 Å². The summed E-state index contributed by atoms with van der Waals surface area (Å²) in [7, 11) is -2.52. The molecule has 4 N–H and O–H groups in total. The summed E-state index contributed by atoms with van der Waals surface area (Å²) in [5, 5.41) is 0. The number of anilines is 1. The van der Waals surface area contributed by atoms with E-state index in [1.807, 2.05) is 6.92 Å². The Balaban J connectivity index is 1.60. The highest BCUT2D eigenvalue weighted by molar-refractivity contribution is 8.22. The second-order valence-corrected chi connectivity index (χ2v) is 9.61. The molecule has 0 bridgehead atoms.